The van der Waals surface area contributed by atoms with Crippen molar-refractivity contribution in [2.24, 2.45) is 0 Å². The smallest absolute Gasteiger partial charge is 0.293 e. The second-order valence-corrected chi connectivity index (χ2v) is 4.94. The third-order valence-corrected chi connectivity index (χ3v) is 2.88. The van der Waals surface area contributed by atoms with Crippen LogP contribution in [0.5, 0.6) is 0 Å². The molecule has 7 nitrogen and oxygen atoms in total. The van der Waals surface area contributed by atoms with E-state index in [1.165, 1.54) is 12.1 Å². The molecule has 0 bridgehead atoms. The Balaban J connectivity index is 2.95. The highest BCUT2D eigenvalue weighted by molar-refractivity contribution is 6.01. The highest BCUT2D eigenvalue weighted by Gasteiger charge is 2.20. The van der Waals surface area contributed by atoms with E-state index < -0.39 is 4.92 Å². The minimum atomic E-state index is -0.478. The molecular weight excluding hydrogens is 272 g/mol. The van der Waals surface area contributed by atoms with Crippen LogP contribution >= 0.6 is 0 Å². The monoisotopic (exact) mass is 294 g/mol. The Bertz CT molecular complexity index is 503. The van der Waals surface area contributed by atoms with Crippen LogP contribution in [0.2, 0.25) is 0 Å². The number of hydrogen-bond acceptors (Lipinski definition) is 5. The van der Waals surface area contributed by atoms with Gasteiger partial charge in [-0.25, -0.2) is 0 Å². The molecule has 0 saturated carbocycles. The molecule has 0 aromatic heterocycles. The van der Waals surface area contributed by atoms with Crippen LogP contribution < -0.4 is 10.6 Å². The first-order chi connectivity index (χ1) is 9.97. The van der Waals surface area contributed by atoms with Gasteiger partial charge in [-0.2, -0.15) is 0 Å². The first-order valence-corrected chi connectivity index (χ1v) is 6.91. The number of nitro benzene ring substituents is 1. The predicted molar refractivity (Wildman–Crippen MR) is 82.8 cm³/mol. The van der Waals surface area contributed by atoms with E-state index in [1.54, 1.807) is 6.07 Å². The van der Waals surface area contributed by atoms with E-state index in [9.17, 15) is 14.9 Å². The van der Waals surface area contributed by atoms with Crippen molar-refractivity contribution in [2.75, 3.05) is 39.0 Å². The van der Waals surface area contributed by atoms with E-state index in [0.717, 1.165) is 6.42 Å². The Morgan fingerprint density at radius 3 is 2.62 bits per heavy atom. The minimum Gasteiger partial charge on any atom is -0.379 e. The molecule has 2 N–H and O–H groups in total. The zero-order valence-electron chi connectivity index (χ0n) is 12.7. The Kier molecular flexibility index (Phi) is 6.61. The maximum Gasteiger partial charge on any atom is 0.293 e. The van der Waals surface area contributed by atoms with E-state index in [-0.39, 0.29) is 17.3 Å². The Labute approximate surface area is 124 Å². The molecule has 1 rings (SSSR count). The largest absolute Gasteiger partial charge is 0.379 e. The van der Waals surface area contributed by atoms with Gasteiger partial charge in [0, 0.05) is 25.7 Å². The lowest BCUT2D eigenvalue weighted by Gasteiger charge is -2.13. The molecule has 0 heterocycles. The lowest BCUT2D eigenvalue weighted by atomic mass is 10.1. The predicted octanol–water partition coefficient (Wildman–Crippen LogP) is 1.71. The molecule has 0 saturated heterocycles. The zero-order valence-corrected chi connectivity index (χ0v) is 12.7. The second kappa shape index (κ2) is 8.21. The molecule has 0 unspecified atom stereocenters. The van der Waals surface area contributed by atoms with Gasteiger partial charge < -0.3 is 15.5 Å². The van der Waals surface area contributed by atoms with Crippen LogP contribution in [0, 0.1) is 10.1 Å². The summed E-state index contributed by atoms with van der Waals surface area (Å²) < 4.78 is 0. The standard InChI is InChI=1S/C14H22N4O3/c1-4-8-15-13-11(6-5-7-12(13)18(20)21)14(19)16-9-10-17(2)3/h5-7,15H,4,8-10H2,1-3H3,(H,16,19). The van der Waals surface area contributed by atoms with E-state index >= 15 is 0 Å². The SMILES string of the molecule is CCCNc1c(C(=O)NCCN(C)C)cccc1[N+](=O)[O-]. The number of para-hydroxylation sites is 1. The lowest BCUT2D eigenvalue weighted by molar-refractivity contribution is -0.384. The number of benzene rings is 1. The van der Waals surface area contributed by atoms with Crippen molar-refractivity contribution >= 4 is 17.3 Å². The fourth-order valence-electron chi connectivity index (χ4n) is 1.81. The van der Waals surface area contributed by atoms with Crippen molar-refractivity contribution < 1.29 is 9.72 Å². The van der Waals surface area contributed by atoms with E-state index in [2.05, 4.69) is 10.6 Å². The van der Waals surface area contributed by atoms with Crippen LogP contribution in [0.3, 0.4) is 0 Å². The number of nitrogens with zero attached hydrogens (tertiary/aromatic N) is 2. The van der Waals surface area contributed by atoms with Crippen LogP contribution in [-0.2, 0) is 0 Å². The van der Waals surface area contributed by atoms with Crippen molar-refractivity contribution in [2.45, 2.75) is 13.3 Å². The van der Waals surface area contributed by atoms with Crippen LogP contribution in [0.15, 0.2) is 18.2 Å². The van der Waals surface area contributed by atoms with Crippen LogP contribution in [0.4, 0.5) is 11.4 Å². The van der Waals surface area contributed by atoms with Gasteiger partial charge in [-0.3, -0.25) is 14.9 Å². The molecule has 0 spiro atoms. The Morgan fingerprint density at radius 2 is 2.05 bits per heavy atom. The molecule has 21 heavy (non-hydrogen) atoms. The molecular formula is C14H22N4O3. The first-order valence-electron chi connectivity index (χ1n) is 6.91. The molecule has 0 aliphatic carbocycles. The first kappa shape index (κ1) is 16.9. The highest BCUT2D eigenvalue weighted by Crippen LogP contribution is 2.28. The van der Waals surface area contributed by atoms with Gasteiger partial charge in [-0.05, 0) is 26.6 Å². The van der Waals surface area contributed by atoms with Crippen molar-refractivity contribution in [3.8, 4) is 0 Å². The summed E-state index contributed by atoms with van der Waals surface area (Å²) in [5.74, 6) is -0.306. The Hall–Kier alpha value is -2.15. The number of rotatable bonds is 8. The fourth-order valence-corrected chi connectivity index (χ4v) is 1.81. The summed E-state index contributed by atoms with van der Waals surface area (Å²) in [5, 5.41) is 16.8. The van der Waals surface area contributed by atoms with E-state index in [4.69, 9.17) is 0 Å². The molecule has 0 radical (unpaired) electrons. The molecule has 1 amide bonds. The molecule has 7 heteroatoms. The number of carbonyl (C=O) groups excluding carboxylic acids is 1. The van der Waals surface area contributed by atoms with Crippen LogP contribution in [-0.4, -0.2) is 49.5 Å². The van der Waals surface area contributed by atoms with Crippen LogP contribution in [0.25, 0.3) is 0 Å². The van der Waals surface area contributed by atoms with E-state index in [1.807, 2.05) is 25.9 Å². The van der Waals surface area contributed by atoms with E-state index in [0.29, 0.717) is 25.2 Å². The number of nitrogens with one attached hydrogen (secondary N) is 2. The third-order valence-electron chi connectivity index (χ3n) is 2.88. The third kappa shape index (κ3) is 5.03. The van der Waals surface area contributed by atoms with Gasteiger partial charge in [0.2, 0.25) is 0 Å². The molecule has 0 fully saturated rings. The maximum atomic E-state index is 12.2. The van der Waals surface area contributed by atoms with Gasteiger partial charge >= 0.3 is 0 Å². The number of likely N-dealkylation sites (N-methyl/N-ethyl adjacent to an activating group) is 1. The highest BCUT2D eigenvalue weighted by atomic mass is 16.6. The number of carbonyl (C=O) groups is 1. The summed E-state index contributed by atoms with van der Waals surface area (Å²) in [4.78, 5) is 24.8. The maximum absolute atomic E-state index is 12.2. The number of amides is 1. The molecule has 116 valence electrons. The average molecular weight is 294 g/mol. The number of nitro groups is 1. The van der Waals surface area contributed by atoms with Crippen molar-refractivity contribution in [3.05, 3.63) is 33.9 Å². The van der Waals surface area contributed by atoms with Gasteiger partial charge in [0.1, 0.15) is 5.69 Å². The zero-order chi connectivity index (χ0) is 15.8. The molecule has 0 atom stereocenters. The summed E-state index contributed by atoms with van der Waals surface area (Å²) in [6, 6.07) is 4.51. The second-order valence-electron chi connectivity index (χ2n) is 4.94. The summed E-state index contributed by atoms with van der Waals surface area (Å²) in [6.07, 6.45) is 0.813. The molecule has 0 aliphatic rings. The van der Waals surface area contributed by atoms with Gasteiger partial charge in [0.15, 0.2) is 0 Å². The van der Waals surface area contributed by atoms with Gasteiger partial charge in [0.25, 0.3) is 11.6 Å². The summed E-state index contributed by atoms with van der Waals surface area (Å²) in [6.45, 7) is 3.72. The average Bonchev–Trinajstić information content (AvgIpc) is 2.43. The van der Waals surface area contributed by atoms with Crippen molar-refractivity contribution in [1.82, 2.24) is 10.2 Å². The van der Waals surface area contributed by atoms with Gasteiger partial charge in [-0.1, -0.05) is 13.0 Å². The number of hydrogen-bond donors (Lipinski definition) is 2. The van der Waals surface area contributed by atoms with Crippen molar-refractivity contribution in [3.63, 3.8) is 0 Å². The molecule has 0 aliphatic heterocycles. The summed E-state index contributed by atoms with van der Waals surface area (Å²) in [7, 11) is 3.82. The summed E-state index contributed by atoms with van der Waals surface area (Å²) >= 11 is 0. The van der Waals surface area contributed by atoms with Gasteiger partial charge in [0.05, 0.1) is 10.5 Å². The molecule has 1 aromatic carbocycles. The minimum absolute atomic E-state index is 0.0799. The lowest BCUT2D eigenvalue weighted by Crippen LogP contribution is -2.31. The fraction of sp³-hybridized carbons (Fsp3) is 0.500. The molecule has 1 aromatic rings. The normalized spacial score (nSPS) is 10.5. The Morgan fingerprint density at radius 1 is 1.33 bits per heavy atom. The number of anilines is 1. The quantitative estimate of drug-likeness (QED) is 0.563. The van der Waals surface area contributed by atoms with Gasteiger partial charge in [-0.15, -0.1) is 0 Å². The summed E-state index contributed by atoms with van der Waals surface area (Å²) in [5.41, 5.74) is 0.506. The van der Waals surface area contributed by atoms with Crippen molar-refractivity contribution in [1.29, 1.82) is 0 Å². The topological polar surface area (TPSA) is 87.5 Å². The van der Waals surface area contributed by atoms with Crippen LogP contribution in [0.1, 0.15) is 23.7 Å².